The van der Waals surface area contributed by atoms with Gasteiger partial charge in [-0.3, -0.25) is 9.59 Å². The molecule has 0 fully saturated rings. The minimum atomic E-state index is -0.137. The van der Waals surface area contributed by atoms with Crippen molar-refractivity contribution in [2.24, 2.45) is 0 Å². The first-order valence-corrected chi connectivity index (χ1v) is 16.0. The van der Waals surface area contributed by atoms with E-state index in [1.807, 2.05) is 6.92 Å². The van der Waals surface area contributed by atoms with Crippen molar-refractivity contribution in [3.8, 4) is 0 Å². The molecular weight excluding hydrogens is 448 g/mol. The highest BCUT2D eigenvalue weighted by molar-refractivity contribution is 5.70. The highest BCUT2D eigenvalue weighted by atomic mass is 16.5. The van der Waals surface area contributed by atoms with Gasteiger partial charge in [0.2, 0.25) is 0 Å². The highest BCUT2D eigenvalue weighted by Crippen LogP contribution is 2.14. The van der Waals surface area contributed by atoms with E-state index in [4.69, 9.17) is 9.47 Å². The Labute approximate surface area is 225 Å². The van der Waals surface area contributed by atoms with E-state index >= 15 is 0 Å². The Morgan fingerprint density at radius 1 is 0.500 bits per heavy atom. The second-order valence-corrected chi connectivity index (χ2v) is 10.7. The first-order chi connectivity index (χ1) is 17.6. The maximum absolute atomic E-state index is 11.9. The largest absolute Gasteiger partial charge is 0.466 e. The molecular formula is C32H62O4. The minimum absolute atomic E-state index is 0.0434. The zero-order valence-electron chi connectivity index (χ0n) is 24.6. The van der Waals surface area contributed by atoms with Gasteiger partial charge in [0.1, 0.15) is 6.10 Å². The summed E-state index contributed by atoms with van der Waals surface area (Å²) >= 11 is 0. The van der Waals surface area contributed by atoms with E-state index in [1.54, 1.807) is 0 Å². The zero-order valence-corrected chi connectivity index (χ0v) is 24.6. The lowest BCUT2D eigenvalue weighted by molar-refractivity contribution is -0.150. The summed E-state index contributed by atoms with van der Waals surface area (Å²) < 4.78 is 10.8. The number of carbonyl (C=O) groups excluding carboxylic acids is 2. The average Bonchev–Trinajstić information content (AvgIpc) is 2.87. The van der Waals surface area contributed by atoms with Gasteiger partial charge in [0.25, 0.3) is 0 Å². The molecule has 4 nitrogen and oxygen atoms in total. The molecule has 0 aromatic heterocycles. The highest BCUT2D eigenvalue weighted by Gasteiger charge is 2.12. The summed E-state index contributed by atoms with van der Waals surface area (Å²) in [5.74, 6) is -0.268. The van der Waals surface area contributed by atoms with E-state index < -0.39 is 0 Å². The van der Waals surface area contributed by atoms with Crippen molar-refractivity contribution in [1.82, 2.24) is 0 Å². The molecule has 0 saturated heterocycles. The average molecular weight is 511 g/mol. The van der Waals surface area contributed by atoms with Crippen molar-refractivity contribution in [3.63, 3.8) is 0 Å². The monoisotopic (exact) mass is 510 g/mol. The van der Waals surface area contributed by atoms with Crippen LogP contribution in [-0.4, -0.2) is 24.6 Å². The number of unbranched alkanes of at least 4 members (excludes halogenated alkanes) is 18. The van der Waals surface area contributed by atoms with Crippen LogP contribution in [0.15, 0.2) is 0 Å². The number of esters is 2. The molecule has 0 amide bonds. The Morgan fingerprint density at radius 3 is 1.33 bits per heavy atom. The SMILES string of the molecule is CCCCCCCCCCCCCCCCCCCCOC(=O)CCCCC(=O)OC(CC)CCC. The molecule has 1 unspecified atom stereocenters. The van der Waals surface area contributed by atoms with E-state index in [2.05, 4.69) is 13.8 Å². The maximum atomic E-state index is 11.9. The fourth-order valence-electron chi connectivity index (χ4n) is 4.71. The van der Waals surface area contributed by atoms with Gasteiger partial charge in [0.05, 0.1) is 6.61 Å². The van der Waals surface area contributed by atoms with Gasteiger partial charge in [-0.25, -0.2) is 0 Å². The van der Waals surface area contributed by atoms with Gasteiger partial charge < -0.3 is 9.47 Å². The Balaban J connectivity index is 3.29. The van der Waals surface area contributed by atoms with Gasteiger partial charge in [-0.2, -0.15) is 0 Å². The summed E-state index contributed by atoms with van der Waals surface area (Å²) in [6, 6.07) is 0. The van der Waals surface area contributed by atoms with Crippen molar-refractivity contribution in [2.45, 2.75) is 187 Å². The van der Waals surface area contributed by atoms with Crippen LogP contribution in [0, 0.1) is 0 Å². The minimum Gasteiger partial charge on any atom is -0.466 e. The molecule has 0 rings (SSSR count). The van der Waals surface area contributed by atoms with E-state index in [1.165, 1.54) is 103 Å². The second kappa shape index (κ2) is 28.5. The lowest BCUT2D eigenvalue weighted by atomic mass is 10.0. The van der Waals surface area contributed by atoms with Crippen molar-refractivity contribution >= 4 is 11.9 Å². The predicted molar refractivity (Wildman–Crippen MR) is 153 cm³/mol. The molecule has 1 atom stereocenters. The van der Waals surface area contributed by atoms with Crippen molar-refractivity contribution in [2.75, 3.05) is 6.61 Å². The van der Waals surface area contributed by atoms with E-state index in [0.717, 1.165) is 32.1 Å². The Bertz CT molecular complexity index is 477. The normalized spacial score (nSPS) is 12.0. The molecule has 0 radical (unpaired) electrons. The van der Waals surface area contributed by atoms with Gasteiger partial charge in [0, 0.05) is 12.8 Å². The van der Waals surface area contributed by atoms with E-state index in [-0.39, 0.29) is 18.0 Å². The van der Waals surface area contributed by atoms with Crippen molar-refractivity contribution < 1.29 is 19.1 Å². The zero-order chi connectivity index (χ0) is 26.5. The van der Waals surface area contributed by atoms with Crippen molar-refractivity contribution in [3.05, 3.63) is 0 Å². The van der Waals surface area contributed by atoms with Crippen LogP contribution in [0.2, 0.25) is 0 Å². The molecule has 0 N–H and O–H groups in total. The summed E-state index contributed by atoms with van der Waals surface area (Å²) in [5, 5.41) is 0. The maximum Gasteiger partial charge on any atom is 0.306 e. The van der Waals surface area contributed by atoms with Crippen LogP contribution in [0.5, 0.6) is 0 Å². The third-order valence-corrected chi connectivity index (χ3v) is 7.14. The molecule has 0 spiro atoms. The summed E-state index contributed by atoms with van der Waals surface area (Å²) in [4.78, 5) is 23.7. The molecule has 0 saturated carbocycles. The Kier molecular flexibility index (Phi) is 27.7. The first-order valence-electron chi connectivity index (χ1n) is 16.0. The molecule has 0 aliphatic rings. The van der Waals surface area contributed by atoms with Gasteiger partial charge >= 0.3 is 11.9 Å². The van der Waals surface area contributed by atoms with Gasteiger partial charge in [0.15, 0.2) is 0 Å². The van der Waals surface area contributed by atoms with Crippen LogP contribution in [-0.2, 0) is 19.1 Å². The Morgan fingerprint density at radius 2 is 0.917 bits per heavy atom. The lowest BCUT2D eigenvalue weighted by Gasteiger charge is -2.15. The molecule has 0 aromatic carbocycles. The standard InChI is InChI=1S/C32H62O4/c1-4-7-8-9-10-11-12-13-14-15-16-17-18-19-20-21-22-25-29-35-31(33)27-23-24-28-32(34)36-30(6-3)26-5-2/h30H,4-29H2,1-3H3. The van der Waals surface area contributed by atoms with Crippen LogP contribution in [0.4, 0.5) is 0 Å². The predicted octanol–water partition coefficient (Wildman–Crippen LogP) is 10.3. The lowest BCUT2D eigenvalue weighted by Crippen LogP contribution is -2.17. The molecule has 36 heavy (non-hydrogen) atoms. The van der Waals surface area contributed by atoms with E-state index in [0.29, 0.717) is 32.3 Å². The third-order valence-electron chi connectivity index (χ3n) is 7.14. The van der Waals surface area contributed by atoms with Crippen LogP contribution >= 0.6 is 0 Å². The van der Waals surface area contributed by atoms with Gasteiger partial charge in [-0.15, -0.1) is 0 Å². The van der Waals surface area contributed by atoms with Crippen molar-refractivity contribution in [1.29, 1.82) is 0 Å². The first kappa shape index (κ1) is 34.9. The number of carbonyl (C=O) groups is 2. The molecule has 0 aromatic rings. The van der Waals surface area contributed by atoms with Crippen LogP contribution < -0.4 is 0 Å². The van der Waals surface area contributed by atoms with Crippen LogP contribution in [0.3, 0.4) is 0 Å². The molecule has 214 valence electrons. The Hall–Kier alpha value is -1.06. The fraction of sp³-hybridized carbons (Fsp3) is 0.938. The second-order valence-electron chi connectivity index (χ2n) is 10.7. The summed E-state index contributed by atoms with van der Waals surface area (Å²) in [5.41, 5.74) is 0. The van der Waals surface area contributed by atoms with Gasteiger partial charge in [-0.05, 0) is 32.1 Å². The molecule has 4 heteroatoms. The fourth-order valence-corrected chi connectivity index (χ4v) is 4.71. The number of hydrogen-bond acceptors (Lipinski definition) is 4. The molecule has 0 heterocycles. The van der Waals surface area contributed by atoms with Crippen LogP contribution in [0.25, 0.3) is 0 Å². The number of ether oxygens (including phenoxy) is 2. The van der Waals surface area contributed by atoms with Gasteiger partial charge in [-0.1, -0.05) is 136 Å². The smallest absolute Gasteiger partial charge is 0.306 e. The molecule has 0 bridgehead atoms. The molecule has 0 aliphatic carbocycles. The summed E-state index contributed by atoms with van der Waals surface area (Å²) in [6.07, 6.45) is 29.5. The summed E-state index contributed by atoms with van der Waals surface area (Å²) in [6.45, 7) is 6.97. The summed E-state index contributed by atoms with van der Waals surface area (Å²) in [7, 11) is 0. The van der Waals surface area contributed by atoms with Crippen LogP contribution in [0.1, 0.15) is 181 Å². The number of hydrogen-bond donors (Lipinski definition) is 0. The molecule has 0 aliphatic heterocycles. The number of rotatable bonds is 28. The quantitative estimate of drug-likeness (QED) is 0.0775. The van der Waals surface area contributed by atoms with E-state index in [9.17, 15) is 9.59 Å². The third kappa shape index (κ3) is 26.0. The topological polar surface area (TPSA) is 52.6 Å².